The first-order chi connectivity index (χ1) is 14.6. The van der Waals surface area contributed by atoms with Gasteiger partial charge in [0.15, 0.2) is 0 Å². The molecule has 3 nitrogen and oxygen atoms in total. The van der Waals surface area contributed by atoms with Crippen LogP contribution in [-0.2, 0) is 14.3 Å². The van der Waals surface area contributed by atoms with Crippen LogP contribution < -0.4 is 0 Å². The first-order valence-corrected chi connectivity index (χ1v) is 15.0. The molecule has 0 bridgehead atoms. The monoisotopic (exact) mass is 446 g/mol. The summed E-state index contributed by atoms with van der Waals surface area (Å²) in [5.74, 6) is 0. The SMILES string of the molecule is C=CCOS(=O)(=O)c1ccccc1.CCCCCCCCCCCCCCC[CH2][Na]. The Morgan fingerprint density at radius 3 is 1.63 bits per heavy atom. The molecule has 0 aliphatic heterocycles. The van der Waals surface area contributed by atoms with E-state index in [9.17, 15) is 8.42 Å². The van der Waals surface area contributed by atoms with Gasteiger partial charge in [-0.25, -0.2) is 0 Å². The Morgan fingerprint density at radius 2 is 1.23 bits per heavy atom. The van der Waals surface area contributed by atoms with Crippen molar-refractivity contribution in [2.45, 2.75) is 105 Å². The Balaban J connectivity index is 0.000000579. The van der Waals surface area contributed by atoms with E-state index in [-0.39, 0.29) is 11.5 Å². The molecule has 0 spiro atoms. The maximum atomic E-state index is 11.3. The fraction of sp³-hybridized carbons (Fsp3) is 0.680. The summed E-state index contributed by atoms with van der Waals surface area (Å²) in [5.41, 5.74) is 0. The molecule has 1 rings (SSSR count). The molecule has 1 aromatic carbocycles. The van der Waals surface area contributed by atoms with Crippen LogP contribution >= 0.6 is 0 Å². The number of rotatable bonds is 18. The minimum absolute atomic E-state index is 0.00275. The second-order valence-corrected chi connectivity index (χ2v) is 10.6. The maximum absolute atomic E-state index is 11.3. The van der Waals surface area contributed by atoms with Gasteiger partial charge in [-0.05, 0) is 12.1 Å². The molecule has 30 heavy (non-hydrogen) atoms. The van der Waals surface area contributed by atoms with Gasteiger partial charge in [0.05, 0.1) is 11.5 Å². The summed E-state index contributed by atoms with van der Waals surface area (Å²) < 4.78 is 28.8. The van der Waals surface area contributed by atoms with Crippen molar-refractivity contribution >= 4 is 38.0 Å². The third kappa shape index (κ3) is 18.6. The topological polar surface area (TPSA) is 43.4 Å². The van der Waals surface area contributed by atoms with Crippen molar-refractivity contribution in [3.63, 3.8) is 0 Å². The standard InChI is InChI=1S/C16H33.C9H10O3S.Na/c1-3-5-7-9-11-13-15-16-14-12-10-8-6-4-2;1-2-8-12-13(10,11)9-6-4-3-5-7-9;/h1,3-16H2,2H3;2-7H,1,8H2;. The summed E-state index contributed by atoms with van der Waals surface area (Å²) in [6.45, 7) is 5.66. The van der Waals surface area contributed by atoms with Crippen LogP contribution in [0.3, 0.4) is 0 Å². The van der Waals surface area contributed by atoms with E-state index in [0.717, 1.165) is 0 Å². The van der Waals surface area contributed by atoms with E-state index < -0.39 is 10.1 Å². The van der Waals surface area contributed by atoms with Crippen molar-refractivity contribution in [2.75, 3.05) is 6.61 Å². The zero-order chi connectivity index (χ0) is 22.3. The van der Waals surface area contributed by atoms with Crippen LogP contribution in [0.2, 0.25) is 3.67 Å². The molecular weight excluding hydrogens is 403 g/mol. The molecule has 0 unspecified atom stereocenters. The first kappa shape index (κ1) is 29.9. The number of unbranched alkanes of at least 4 members (excludes halogenated alkanes) is 13. The average Bonchev–Trinajstić information content (AvgIpc) is 2.77. The van der Waals surface area contributed by atoms with Crippen LogP contribution in [0.15, 0.2) is 47.9 Å². The van der Waals surface area contributed by atoms with Gasteiger partial charge in [0, 0.05) is 0 Å². The van der Waals surface area contributed by atoms with Gasteiger partial charge in [0.25, 0.3) is 10.1 Å². The second-order valence-electron chi connectivity index (χ2n) is 7.94. The molecule has 0 amide bonds. The predicted octanol–water partition coefficient (Wildman–Crippen LogP) is 7.63. The van der Waals surface area contributed by atoms with Crippen molar-refractivity contribution in [3.8, 4) is 0 Å². The van der Waals surface area contributed by atoms with Crippen LogP contribution in [0.5, 0.6) is 0 Å². The molecule has 0 aliphatic carbocycles. The summed E-state index contributed by atoms with van der Waals surface area (Å²) >= 11 is 1.41. The molecule has 0 saturated carbocycles. The molecule has 0 atom stereocenters. The molecule has 0 aliphatic rings. The van der Waals surface area contributed by atoms with Gasteiger partial charge in [0.1, 0.15) is 0 Å². The summed E-state index contributed by atoms with van der Waals surface area (Å²) in [6.07, 6.45) is 22.1. The van der Waals surface area contributed by atoms with E-state index in [4.69, 9.17) is 0 Å². The van der Waals surface area contributed by atoms with Gasteiger partial charge in [-0.2, -0.15) is 8.42 Å². The fourth-order valence-corrected chi connectivity index (χ4v) is 4.64. The van der Waals surface area contributed by atoms with Crippen LogP contribution in [-0.4, -0.2) is 43.0 Å². The summed E-state index contributed by atoms with van der Waals surface area (Å²) in [6, 6.07) is 8.00. The Morgan fingerprint density at radius 1 is 0.800 bits per heavy atom. The van der Waals surface area contributed by atoms with E-state index >= 15 is 0 Å². The molecule has 0 fully saturated rings. The van der Waals surface area contributed by atoms with Crippen LogP contribution in [0.25, 0.3) is 0 Å². The molecule has 5 heteroatoms. The van der Waals surface area contributed by atoms with Crippen molar-refractivity contribution in [1.82, 2.24) is 0 Å². The van der Waals surface area contributed by atoms with E-state index in [1.165, 1.54) is 140 Å². The molecule has 0 aromatic heterocycles. The van der Waals surface area contributed by atoms with Gasteiger partial charge in [-0.15, -0.1) is 6.58 Å². The van der Waals surface area contributed by atoms with Crippen molar-refractivity contribution in [2.24, 2.45) is 0 Å². The Hall–Kier alpha value is -0.130. The van der Waals surface area contributed by atoms with Crippen molar-refractivity contribution < 1.29 is 12.6 Å². The van der Waals surface area contributed by atoms with Gasteiger partial charge >= 0.3 is 102 Å². The quantitative estimate of drug-likeness (QED) is 0.101. The third-order valence-electron chi connectivity index (χ3n) is 5.08. The van der Waals surface area contributed by atoms with Crippen molar-refractivity contribution in [3.05, 3.63) is 43.0 Å². The average molecular weight is 447 g/mol. The van der Waals surface area contributed by atoms with E-state index in [1.807, 2.05) is 0 Å². The minimum atomic E-state index is -3.59. The Bertz CT molecular complexity index is 574. The molecule has 0 N–H and O–H groups in total. The summed E-state index contributed by atoms with van der Waals surface area (Å²) in [5, 5.41) is 0. The predicted molar refractivity (Wildman–Crippen MR) is 131 cm³/mol. The third-order valence-corrected chi connectivity index (χ3v) is 7.08. The van der Waals surface area contributed by atoms with Gasteiger partial charge < -0.3 is 0 Å². The van der Waals surface area contributed by atoms with Crippen LogP contribution in [0.4, 0.5) is 0 Å². The van der Waals surface area contributed by atoms with Gasteiger partial charge in [0.2, 0.25) is 0 Å². The molecule has 168 valence electrons. The van der Waals surface area contributed by atoms with E-state index in [0.29, 0.717) is 0 Å². The molecule has 0 saturated heterocycles. The molecule has 1 aromatic rings. The van der Waals surface area contributed by atoms with Crippen molar-refractivity contribution in [1.29, 1.82) is 0 Å². The number of hydrogen-bond donors (Lipinski definition) is 0. The van der Waals surface area contributed by atoms with Gasteiger partial charge in [-0.3, -0.25) is 4.18 Å². The molecular formula is C25H43NaO3S. The van der Waals surface area contributed by atoms with E-state index in [2.05, 4.69) is 17.7 Å². The molecule has 0 heterocycles. The van der Waals surface area contributed by atoms with E-state index in [1.54, 1.807) is 18.2 Å². The molecule has 0 radical (unpaired) electrons. The summed E-state index contributed by atoms with van der Waals surface area (Å²) in [4.78, 5) is 0.164. The van der Waals surface area contributed by atoms with Crippen LogP contribution in [0.1, 0.15) is 96.8 Å². The second kappa shape index (κ2) is 22.1. The van der Waals surface area contributed by atoms with Crippen LogP contribution in [0, 0.1) is 0 Å². The summed E-state index contributed by atoms with van der Waals surface area (Å²) in [7, 11) is -3.59. The number of benzene rings is 1. The normalized spacial score (nSPS) is 11.0. The Kier molecular flexibility index (Phi) is 22.0. The zero-order valence-corrected chi connectivity index (χ0v) is 22.4. The van der Waals surface area contributed by atoms with Gasteiger partial charge in [-0.1, -0.05) is 50.5 Å². The Labute approximate surface area is 204 Å². The number of hydrogen-bond acceptors (Lipinski definition) is 3. The fourth-order valence-electron chi connectivity index (χ4n) is 3.24. The zero-order valence-electron chi connectivity index (χ0n) is 19.6. The first-order valence-electron chi connectivity index (χ1n) is 12.1.